The molecule has 6 aromatic rings. The minimum Gasteiger partial charge on any atom is -0.508 e. The number of para-hydroxylation sites is 3. The molecule has 6 aromatic carbocycles. The van der Waals surface area contributed by atoms with Crippen molar-refractivity contribution in [3.63, 3.8) is 0 Å². The number of carbonyl (C=O) groups excluding carboxylic acids is 1. The van der Waals surface area contributed by atoms with Gasteiger partial charge in [-0.2, -0.15) is 0 Å². The van der Waals surface area contributed by atoms with Crippen molar-refractivity contribution in [1.29, 1.82) is 0 Å². The van der Waals surface area contributed by atoms with Crippen molar-refractivity contribution >= 4 is 59.0 Å². The van der Waals surface area contributed by atoms with Crippen LogP contribution >= 0.6 is 34.8 Å². The molecule has 2 unspecified atom stereocenters. The van der Waals surface area contributed by atoms with E-state index in [1.165, 1.54) is 0 Å². The Morgan fingerprint density at radius 2 is 0.978 bits per heavy atom. The first-order valence-corrected chi connectivity index (χ1v) is 30.0. The van der Waals surface area contributed by atoms with E-state index in [-0.39, 0.29) is 95.7 Å². The van der Waals surface area contributed by atoms with Crippen LogP contribution < -0.4 is 4.74 Å². The molecular formula is C72H87Cl3O16. The highest BCUT2D eigenvalue weighted by atomic mass is 35.5. The van der Waals surface area contributed by atoms with Crippen LogP contribution in [-0.2, 0) is 38.1 Å². The molecule has 6 N–H and O–H groups in total. The third-order valence-corrected chi connectivity index (χ3v) is 15.3. The van der Waals surface area contributed by atoms with Gasteiger partial charge in [0.15, 0.2) is 18.4 Å². The Bertz CT molecular complexity index is 3250. The molecule has 0 bridgehead atoms. The molecule has 0 aliphatic carbocycles. The van der Waals surface area contributed by atoms with Crippen molar-refractivity contribution in [3.8, 4) is 17.2 Å². The van der Waals surface area contributed by atoms with Gasteiger partial charge in [-0.05, 0) is 88.8 Å². The van der Waals surface area contributed by atoms with Crippen LogP contribution in [0.25, 0.3) is 0 Å². The van der Waals surface area contributed by atoms with Crippen LogP contribution in [0.1, 0.15) is 163 Å². The number of carboxylic acids is 3. The Hall–Kier alpha value is -7.35. The molecule has 3 heterocycles. The van der Waals surface area contributed by atoms with Gasteiger partial charge in [0.2, 0.25) is 6.29 Å². The fourth-order valence-electron chi connectivity index (χ4n) is 9.72. The SMILES string of the molecule is C.C.C.CC1(C)OC[C@@H](C/C=C\CCC(=O)O)[C@@H](c2ccccc2O)O1.O=C(O)CC/C=C\C[C@@H]1CO[C@H](c2ccccc2Cl)O[C@@H]1c1ccccc1O.O=C(O)CC/C=C\C[C@H](CO)C1OC(c2ccccc2Cl)Oc2ccccc21.O=Cc1ccccc1Cl. The second kappa shape index (κ2) is 40.5. The Balaban J connectivity index is 0.000000329. The standard InChI is InChI=1S/2C22H23ClO5.C18H24O5.C7H5ClO.3CH4/c23-18-11-6-4-9-16(18)22-27-14-15(8-2-1-3-13-20(25)26)21(28-22)17-10-5-7-12-19(17)24;23-18-11-6-4-9-16(18)22-27-19-12-7-5-10-17(19)21(28-22)15(14-24)8-2-1-3-13-20(25)26;1-18(2)22-12-13(8-4-3-5-11-16(20)21)17(23-18)14-9-6-7-10-15(14)19;8-7-4-2-1-3-6(7)5-9;;;/h2*1-2,4-7,9-12,15,21-22,24H,3,8,13-14H2,(H,25,26);3-4,6-7,9-10,13,17,19H,5,8,11-12H2,1-2H3,(H,20,21);1-5H;3*1H4/b2*2-1-;4-3-;;;;/t15-,21+,22+;15-,21?,22?;13-,17+;;;;/m111..../s1. The van der Waals surface area contributed by atoms with Crippen LogP contribution in [0.2, 0.25) is 15.1 Å². The summed E-state index contributed by atoms with van der Waals surface area (Å²) in [5.41, 5.74) is 4.36. The molecule has 3 aliphatic heterocycles. The predicted molar refractivity (Wildman–Crippen MR) is 356 cm³/mol. The molecule has 19 heteroatoms. The minimum absolute atomic E-state index is 0. The number of aliphatic hydroxyl groups is 1. The highest BCUT2D eigenvalue weighted by molar-refractivity contribution is 6.33. The lowest BCUT2D eigenvalue weighted by Gasteiger charge is -2.41. The van der Waals surface area contributed by atoms with E-state index < -0.39 is 36.3 Å². The van der Waals surface area contributed by atoms with E-state index in [1.807, 2.05) is 135 Å². The summed E-state index contributed by atoms with van der Waals surface area (Å²) in [4.78, 5) is 41.9. The average Bonchev–Trinajstić information content (AvgIpc) is 2.68. The number of benzene rings is 6. The number of rotatable bonds is 22. The van der Waals surface area contributed by atoms with Crippen LogP contribution in [0, 0.1) is 17.8 Å². The third-order valence-electron chi connectivity index (χ3n) is 14.3. The molecule has 8 atom stereocenters. The van der Waals surface area contributed by atoms with Gasteiger partial charge in [-0.1, -0.05) is 203 Å². The van der Waals surface area contributed by atoms with Gasteiger partial charge in [0.1, 0.15) is 17.2 Å². The number of fused-ring (bicyclic) bond motifs is 1. The van der Waals surface area contributed by atoms with E-state index >= 15 is 0 Å². The van der Waals surface area contributed by atoms with Gasteiger partial charge in [0, 0.05) is 82.0 Å². The number of aliphatic carboxylic acids is 3. The number of hydrogen-bond donors (Lipinski definition) is 6. The number of aromatic hydroxyl groups is 2. The summed E-state index contributed by atoms with van der Waals surface area (Å²) < 4.78 is 36.2. The molecular weight excluding hydrogens is 1230 g/mol. The first-order chi connectivity index (χ1) is 42.4. The second-order valence-electron chi connectivity index (χ2n) is 21.2. The number of carbonyl (C=O) groups is 4. The maximum absolute atomic E-state index is 10.6. The Morgan fingerprint density at radius 1 is 0.538 bits per heavy atom. The number of allylic oxidation sites excluding steroid dienone is 6. The summed E-state index contributed by atoms with van der Waals surface area (Å²) in [5.74, 6) is -2.19. The Morgan fingerprint density at radius 3 is 1.46 bits per heavy atom. The van der Waals surface area contributed by atoms with Crippen molar-refractivity contribution in [2.24, 2.45) is 17.8 Å². The number of aldehydes is 1. The smallest absolute Gasteiger partial charge is 0.303 e. The topological polar surface area (TPSA) is 245 Å². The fraction of sp³-hybridized carbons (Fsp3) is 0.361. The third kappa shape index (κ3) is 25.0. The van der Waals surface area contributed by atoms with Gasteiger partial charge >= 0.3 is 17.9 Å². The molecule has 0 saturated carbocycles. The zero-order chi connectivity index (χ0) is 63.4. The molecule has 0 spiro atoms. The van der Waals surface area contributed by atoms with E-state index in [2.05, 4.69) is 0 Å². The van der Waals surface area contributed by atoms with Gasteiger partial charge < -0.3 is 59.1 Å². The zero-order valence-corrected chi connectivity index (χ0v) is 51.2. The Kier molecular flexibility index (Phi) is 34.7. The van der Waals surface area contributed by atoms with E-state index in [1.54, 1.807) is 60.7 Å². The van der Waals surface area contributed by atoms with Crippen LogP contribution in [0.15, 0.2) is 182 Å². The molecule has 0 aromatic heterocycles. The van der Waals surface area contributed by atoms with Crippen LogP contribution in [0.4, 0.5) is 0 Å². The van der Waals surface area contributed by atoms with Gasteiger partial charge in [-0.25, -0.2) is 0 Å². The van der Waals surface area contributed by atoms with E-state index in [9.17, 15) is 34.5 Å². The summed E-state index contributed by atoms with van der Waals surface area (Å²) in [6.07, 6.45) is 13.5. The van der Waals surface area contributed by atoms with Crippen LogP contribution in [0.5, 0.6) is 17.2 Å². The first-order valence-electron chi connectivity index (χ1n) is 28.8. The predicted octanol–water partition coefficient (Wildman–Crippen LogP) is 17.9. The van der Waals surface area contributed by atoms with Crippen LogP contribution in [0.3, 0.4) is 0 Å². The van der Waals surface area contributed by atoms with Crippen molar-refractivity contribution in [3.05, 3.63) is 230 Å². The minimum atomic E-state index is -0.826. The maximum atomic E-state index is 10.6. The lowest BCUT2D eigenvalue weighted by atomic mass is 9.91. The lowest BCUT2D eigenvalue weighted by molar-refractivity contribution is -0.295. The maximum Gasteiger partial charge on any atom is 0.303 e. The number of phenolic OH excluding ortho intramolecular Hbond substituents is 2. The number of ether oxygens (including phenoxy) is 6. The summed E-state index contributed by atoms with van der Waals surface area (Å²) in [7, 11) is 0. The number of phenols is 2. The van der Waals surface area contributed by atoms with Crippen LogP contribution in [-0.4, -0.2) is 80.4 Å². The first kappa shape index (κ1) is 77.9. The molecule has 2 saturated heterocycles. The number of carboxylic acid groups (broad SMARTS) is 3. The molecule has 2 fully saturated rings. The summed E-state index contributed by atoms with van der Waals surface area (Å²) in [6, 6.07) is 43.6. The monoisotopic (exact) mass is 1310 g/mol. The number of aliphatic hydroxyl groups excluding tert-OH is 1. The van der Waals surface area contributed by atoms with E-state index in [0.717, 1.165) is 28.5 Å². The number of halogens is 3. The second-order valence-corrected chi connectivity index (χ2v) is 22.4. The van der Waals surface area contributed by atoms with Crippen molar-refractivity contribution < 1.29 is 78.2 Å². The highest BCUT2D eigenvalue weighted by Crippen LogP contribution is 2.47. The van der Waals surface area contributed by atoms with E-state index in [0.29, 0.717) is 83.7 Å². The van der Waals surface area contributed by atoms with Gasteiger partial charge in [-0.15, -0.1) is 0 Å². The molecule has 492 valence electrons. The zero-order valence-electron chi connectivity index (χ0n) is 48.9. The van der Waals surface area contributed by atoms with Gasteiger partial charge in [0.05, 0.1) is 41.6 Å². The van der Waals surface area contributed by atoms with E-state index in [4.69, 9.17) is 78.5 Å². The summed E-state index contributed by atoms with van der Waals surface area (Å²) in [5, 5.41) is 58.2. The molecule has 3 aliphatic rings. The molecule has 16 nitrogen and oxygen atoms in total. The summed E-state index contributed by atoms with van der Waals surface area (Å²) >= 11 is 18.2. The van der Waals surface area contributed by atoms with Gasteiger partial charge in [-0.3, -0.25) is 19.2 Å². The Labute approximate surface area is 550 Å². The molecule has 91 heavy (non-hydrogen) atoms. The molecule has 9 rings (SSSR count). The van der Waals surface area contributed by atoms with Crippen molar-refractivity contribution in [1.82, 2.24) is 0 Å². The van der Waals surface area contributed by atoms with Crippen molar-refractivity contribution in [2.75, 3.05) is 19.8 Å². The quantitative estimate of drug-likeness (QED) is 0.0273. The fourth-order valence-corrected chi connectivity index (χ4v) is 10.3. The lowest BCUT2D eigenvalue weighted by Crippen LogP contribution is -2.41. The molecule has 0 radical (unpaired) electrons. The van der Waals surface area contributed by atoms with Gasteiger partial charge in [0.25, 0.3) is 0 Å². The largest absolute Gasteiger partial charge is 0.508 e. The number of hydrogen-bond acceptors (Lipinski definition) is 13. The highest BCUT2D eigenvalue weighted by Gasteiger charge is 2.39. The van der Waals surface area contributed by atoms with Crippen molar-refractivity contribution in [2.45, 2.75) is 131 Å². The average molecular weight is 1310 g/mol. The molecule has 0 amide bonds. The normalized spacial score (nSPS) is 19.9. The summed E-state index contributed by atoms with van der Waals surface area (Å²) in [6.45, 7) is 4.60.